The maximum Gasteiger partial charge on any atom is 0.168 e. The molecule has 88 valence electrons. The topological polar surface area (TPSA) is 55.8 Å². The van der Waals surface area contributed by atoms with E-state index in [4.69, 9.17) is 21.1 Å². The van der Waals surface area contributed by atoms with Crippen molar-refractivity contribution >= 4 is 17.9 Å². The third-order valence-corrected chi connectivity index (χ3v) is 2.02. The van der Waals surface area contributed by atoms with E-state index in [0.717, 1.165) is 0 Å². The van der Waals surface area contributed by atoms with Crippen molar-refractivity contribution in [1.82, 2.24) is 0 Å². The van der Waals surface area contributed by atoms with Crippen molar-refractivity contribution in [2.24, 2.45) is 0 Å². The molecule has 0 heterocycles. The monoisotopic (exact) mass is 244 g/mol. The number of hydrogen-bond donors (Lipinski definition) is 1. The van der Waals surface area contributed by atoms with Crippen molar-refractivity contribution in [2.75, 3.05) is 25.7 Å². The van der Waals surface area contributed by atoms with Crippen LogP contribution in [0.15, 0.2) is 18.2 Å². The molecule has 16 heavy (non-hydrogen) atoms. The van der Waals surface area contributed by atoms with Crippen LogP contribution in [0.1, 0.15) is 10.4 Å². The van der Waals surface area contributed by atoms with Gasteiger partial charge in [0.05, 0.1) is 18.8 Å². The van der Waals surface area contributed by atoms with Gasteiger partial charge in [-0.25, -0.2) is 0 Å². The molecule has 0 aliphatic rings. The quantitative estimate of drug-likeness (QED) is 0.452. The van der Waals surface area contributed by atoms with Crippen molar-refractivity contribution in [3.8, 4) is 11.5 Å². The Labute approximate surface area is 98.7 Å². The number of phenolic OH excluding ortho intramolecular Hbond substituents is 1. The first kappa shape index (κ1) is 12.8. The summed E-state index contributed by atoms with van der Waals surface area (Å²) in [5, 5.41) is 9.57. The van der Waals surface area contributed by atoms with Gasteiger partial charge in [-0.3, -0.25) is 4.79 Å². The highest BCUT2D eigenvalue weighted by Gasteiger charge is 2.06. The molecule has 0 aromatic heterocycles. The van der Waals surface area contributed by atoms with E-state index in [1.807, 2.05) is 0 Å². The van der Waals surface area contributed by atoms with E-state index in [1.54, 1.807) is 12.1 Å². The summed E-state index contributed by atoms with van der Waals surface area (Å²) in [5.74, 6) is 0.570. The zero-order valence-electron chi connectivity index (χ0n) is 8.69. The minimum absolute atomic E-state index is 0.144. The van der Waals surface area contributed by atoms with Crippen LogP contribution < -0.4 is 4.74 Å². The first-order valence-electron chi connectivity index (χ1n) is 4.83. The highest BCUT2D eigenvalue weighted by molar-refractivity contribution is 6.17. The maximum atomic E-state index is 10.5. The van der Waals surface area contributed by atoms with Crippen LogP contribution in [0, 0.1) is 0 Å². The van der Waals surface area contributed by atoms with Gasteiger partial charge in [0.25, 0.3) is 0 Å². The molecule has 0 saturated carbocycles. The van der Waals surface area contributed by atoms with E-state index in [-0.39, 0.29) is 17.1 Å². The normalized spacial score (nSPS) is 10.1. The molecule has 0 fully saturated rings. The van der Waals surface area contributed by atoms with E-state index in [0.29, 0.717) is 32.0 Å². The van der Waals surface area contributed by atoms with Crippen LogP contribution in [-0.2, 0) is 4.74 Å². The van der Waals surface area contributed by atoms with Crippen molar-refractivity contribution in [2.45, 2.75) is 0 Å². The molecule has 1 N–H and O–H groups in total. The SMILES string of the molecule is O=Cc1cccc(OCCOCCCl)c1O. The zero-order chi connectivity index (χ0) is 11.8. The molecule has 1 rings (SSSR count). The molecule has 0 aliphatic carbocycles. The minimum Gasteiger partial charge on any atom is -0.504 e. The standard InChI is InChI=1S/C11H13ClO4/c12-4-5-15-6-7-16-10-3-1-2-9(8-13)11(10)14/h1-3,8,14H,4-7H2. The average Bonchev–Trinajstić information content (AvgIpc) is 2.31. The average molecular weight is 245 g/mol. The molecule has 0 radical (unpaired) electrons. The van der Waals surface area contributed by atoms with Crippen molar-refractivity contribution in [3.05, 3.63) is 23.8 Å². The van der Waals surface area contributed by atoms with Crippen LogP contribution in [0.5, 0.6) is 11.5 Å². The first-order valence-corrected chi connectivity index (χ1v) is 5.36. The van der Waals surface area contributed by atoms with Gasteiger partial charge in [0.2, 0.25) is 0 Å². The second kappa shape index (κ2) is 7.09. The fraction of sp³-hybridized carbons (Fsp3) is 0.364. The Morgan fingerprint density at radius 2 is 2.12 bits per heavy atom. The van der Waals surface area contributed by atoms with Gasteiger partial charge in [-0.15, -0.1) is 11.6 Å². The molecule has 1 aromatic rings. The van der Waals surface area contributed by atoms with Gasteiger partial charge in [0.1, 0.15) is 6.61 Å². The summed E-state index contributed by atoms with van der Waals surface area (Å²) in [4.78, 5) is 10.5. The van der Waals surface area contributed by atoms with Gasteiger partial charge in [-0.1, -0.05) is 6.07 Å². The highest BCUT2D eigenvalue weighted by Crippen LogP contribution is 2.28. The summed E-state index contributed by atoms with van der Waals surface area (Å²) in [6.07, 6.45) is 0.576. The van der Waals surface area contributed by atoms with Gasteiger partial charge in [-0.2, -0.15) is 0 Å². The molecule has 0 spiro atoms. The molecule has 0 amide bonds. The molecule has 0 aliphatic heterocycles. The number of phenols is 1. The predicted octanol–water partition coefficient (Wildman–Crippen LogP) is 1.84. The lowest BCUT2D eigenvalue weighted by Crippen LogP contribution is -2.08. The van der Waals surface area contributed by atoms with Gasteiger partial charge < -0.3 is 14.6 Å². The molecule has 0 atom stereocenters. The van der Waals surface area contributed by atoms with E-state index < -0.39 is 0 Å². The number of para-hydroxylation sites is 1. The number of benzene rings is 1. The molecule has 4 nitrogen and oxygen atoms in total. The molecule has 0 unspecified atom stereocenters. The lowest BCUT2D eigenvalue weighted by atomic mass is 10.2. The fourth-order valence-corrected chi connectivity index (χ4v) is 1.23. The molecule has 5 heteroatoms. The van der Waals surface area contributed by atoms with Gasteiger partial charge in [0.15, 0.2) is 17.8 Å². The molecule has 0 saturated heterocycles. The summed E-state index contributed by atoms with van der Waals surface area (Å²) in [6, 6.07) is 4.74. The van der Waals surface area contributed by atoms with Crippen molar-refractivity contribution in [3.63, 3.8) is 0 Å². The third kappa shape index (κ3) is 3.72. The Balaban J connectivity index is 2.44. The third-order valence-electron chi connectivity index (χ3n) is 1.86. The summed E-state index contributed by atoms with van der Waals surface area (Å²) in [7, 11) is 0. The Morgan fingerprint density at radius 1 is 1.31 bits per heavy atom. The lowest BCUT2D eigenvalue weighted by Gasteiger charge is -2.08. The Bertz CT molecular complexity index is 341. The number of hydrogen-bond acceptors (Lipinski definition) is 4. The van der Waals surface area contributed by atoms with E-state index >= 15 is 0 Å². The van der Waals surface area contributed by atoms with E-state index in [2.05, 4.69) is 0 Å². The second-order valence-corrected chi connectivity index (χ2v) is 3.34. The summed E-state index contributed by atoms with van der Waals surface area (Å²) < 4.78 is 10.3. The zero-order valence-corrected chi connectivity index (χ0v) is 9.44. The van der Waals surface area contributed by atoms with E-state index in [9.17, 15) is 9.90 Å². The largest absolute Gasteiger partial charge is 0.504 e. The fourth-order valence-electron chi connectivity index (χ4n) is 1.12. The number of rotatable bonds is 7. The number of halogens is 1. The number of carbonyl (C=O) groups excluding carboxylic acids is 1. The summed E-state index contributed by atoms with van der Waals surface area (Å²) in [5.41, 5.74) is 0.208. The predicted molar refractivity (Wildman–Crippen MR) is 60.5 cm³/mol. The molecular formula is C11H13ClO4. The number of ether oxygens (including phenoxy) is 2. The van der Waals surface area contributed by atoms with Crippen LogP contribution in [0.3, 0.4) is 0 Å². The van der Waals surface area contributed by atoms with Crippen LogP contribution >= 0.6 is 11.6 Å². The molecule has 1 aromatic carbocycles. The number of aldehydes is 1. The Hall–Kier alpha value is -1.26. The Kier molecular flexibility index (Phi) is 5.67. The van der Waals surface area contributed by atoms with Crippen LogP contribution in [0.2, 0.25) is 0 Å². The van der Waals surface area contributed by atoms with Gasteiger partial charge in [-0.05, 0) is 12.1 Å². The van der Waals surface area contributed by atoms with Crippen molar-refractivity contribution in [1.29, 1.82) is 0 Å². The molecule has 0 bridgehead atoms. The number of carbonyl (C=O) groups is 1. The molecular weight excluding hydrogens is 232 g/mol. The summed E-state index contributed by atoms with van der Waals surface area (Å²) >= 11 is 5.42. The number of alkyl halides is 1. The number of aromatic hydroxyl groups is 1. The second-order valence-electron chi connectivity index (χ2n) is 2.96. The summed E-state index contributed by atoms with van der Waals surface area (Å²) in [6.45, 7) is 1.15. The van der Waals surface area contributed by atoms with Gasteiger partial charge >= 0.3 is 0 Å². The smallest absolute Gasteiger partial charge is 0.168 e. The minimum atomic E-state index is -0.144. The van der Waals surface area contributed by atoms with Crippen LogP contribution in [0.4, 0.5) is 0 Å². The lowest BCUT2D eigenvalue weighted by molar-refractivity contribution is 0.109. The van der Waals surface area contributed by atoms with Crippen LogP contribution in [0.25, 0.3) is 0 Å². The van der Waals surface area contributed by atoms with Gasteiger partial charge in [0, 0.05) is 5.88 Å². The maximum absolute atomic E-state index is 10.5. The Morgan fingerprint density at radius 3 is 2.81 bits per heavy atom. The van der Waals surface area contributed by atoms with E-state index in [1.165, 1.54) is 6.07 Å². The highest BCUT2D eigenvalue weighted by atomic mass is 35.5. The van der Waals surface area contributed by atoms with Crippen molar-refractivity contribution < 1.29 is 19.4 Å². The van der Waals surface area contributed by atoms with Crippen LogP contribution in [-0.4, -0.2) is 37.1 Å². The first-order chi connectivity index (χ1) is 7.79.